The summed E-state index contributed by atoms with van der Waals surface area (Å²) in [6, 6.07) is 16.2. The molecule has 1 saturated heterocycles. The highest BCUT2D eigenvalue weighted by molar-refractivity contribution is 6.36. The molecular formula is C34H34Cl2F2N8. The van der Waals surface area contributed by atoms with E-state index in [1.54, 1.807) is 12.1 Å². The zero-order chi connectivity index (χ0) is 32.6. The lowest BCUT2D eigenvalue weighted by atomic mass is 9.98. The summed E-state index contributed by atoms with van der Waals surface area (Å²) in [7, 11) is 0. The van der Waals surface area contributed by atoms with E-state index in [-0.39, 0.29) is 28.0 Å². The molecule has 0 aliphatic carbocycles. The number of piperidine rings is 1. The molecule has 4 N–H and O–H groups in total. The van der Waals surface area contributed by atoms with E-state index in [1.165, 1.54) is 36.5 Å². The summed E-state index contributed by atoms with van der Waals surface area (Å²) in [5, 5.41) is 19.6. The van der Waals surface area contributed by atoms with E-state index >= 15 is 0 Å². The number of anilines is 3. The molecule has 8 nitrogen and oxygen atoms in total. The summed E-state index contributed by atoms with van der Waals surface area (Å²) in [5.74, 6) is -0.908. The minimum Gasteiger partial charge on any atom is -0.373 e. The Kier molecular flexibility index (Phi) is 8.95. The summed E-state index contributed by atoms with van der Waals surface area (Å²) < 4.78 is 28.4. The second-order valence-electron chi connectivity index (χ2n) is 12.5. The number of benzene rings is 3. The van der Waals surface area contributed by atoms with Gasteiger partial charge in [-0.15, -0.1) is 5.53 Å². The molecule has 0 radical (unpaired) electrons. The highest BCUT2D eigenvalue weighted by Gasteiger charge is 2.32. The van der Waals surface area contributed by atoms with Crippen LogP contribution >= 0.6 is 23.2 Å². The second kappa shape index (κ2) is 12.9. The predicted octanol–water partition coefficient (Wildman–Crippen LogP) is 8.02. The number of nitriles is 1. The standard InChI is InChI=1S/C34H34Cl2F2N8/c1-34(2,3)45-11-9-25(10-12-45)46-19-30(43-44-46)32(20-5-4-6-22(37)13-20)42-24-14-26-31(41-23-7-8-29(38)27(35)15-23)21(17-39)18-40-33(26)28(36)16-24/h4-8,13-16,18-19,25,32,42-44H,9-12H2,1-3H3,(H,40,41)/t32-/m0/s1. The average Bonchev–Trinajstić information content (AvgIpc) is 3.52. The Labute approximate surface area is 276 Å². The molecule has 2 aliphatic heterocycles. The van der Waals surface area contributed by atoms with Crippen molar-refractivity contribution in [3.63, 3.8) is 0 Å². The number of pyridine rings is 1. The molecule has 46 heavy (non-hydrogen) atoms. The maximum absolute atomic E-state index is 14.5. The first-order valence-electron chi connectivity index (χ1n) is 15.0. The van der Waals surface area contributed by atoms with E-state index in [2.05, 4.69) is 63.3 Å². The Morgan fingerprint density at radius 1 is 1.02 bits per heavy atom. The van der Waals surface area contributed by atoms with Crippen LogP contribution in [0.3, 0.4) is 0 Å². The fourth-order valence-electron chi connectivity index (χ4n) is 5.98. The zero-order valence-electron chi connectivity index (χ0n) is 25.6. The average molecular weight is 664 g/mol. The quantitative estimate of drug-likeness (QED) is 0.158. The number of nitrogens with one attached hydrogen (secondary N) is 4. The number of likely N-dealkylation sites (tertiary alicyclic amines) is 1. The van der Waals surface area contributed by atoms with Gasteiger partial charge in [-0.05, 0) is 81.6 Å². The van der Waals surface area contributed by atoms with Crippen LogP contribution in [0.25, 0.3) is 10.9 Å². The number of rotatable bonds is 7. The van der Waals surface area contributed by atoms with E-state index in [0.717, 1.165) is 31.6 Å². The van der Waals surface area contributed by atoms with Crippen molar-refractivity contribution in [2.45, 2.75) is 51.2 Å². The molecule has 0 amide bonds. The van der Waals surface area contributed by atoms with Gasteiger partial charge in [-0.1, -0.05) is 35.3 Å². The monoisotopic (exact) mass is 662 g/mol. The fraction of sp³-hybridized carbons (Fsp3) is 0.294. The number of hydrogen-bond donors (Lipinski definition) is 4. The van der Waals surface area contributed by atoms with Crippen LogP contribution in [0.15, 0.2) is 72.7 Å². The summed E-state index contributed by atoms with van der Waals surface area (Å²) in [4.78, 5) is 6.93. The SMILES string of the molecule is CC(C)(C)N1CCC(N2C=C([C@@H](Nc3cc(Cl)c4ncc(C#N)c(Nc5ccc(F)c(Cl)c5)c4c3)c3cccc(F)c3)NN2)CC1. The molecule has 1 atom stereocenters. The third kappa shape index (κ3) is 6.69. The Bertz CT molecular complexity index is 1840. The van der Waals surface area contributed by atoms with Crippen molar-refractivity contribution >= 4 is 51.2 Å². The Hall–Kier alpha value is -4.14. The minimum atomic E-state index is -0.552. The summed E-state index contributed by atoms with van der Waals surface area (Å²) in [5.41, 5.74) is 10.5. The molecule has 6 rings (SSSR count). The van der Waals surface area contributed by atoms with Gasteiger partial charge in [0, 0.05) is 53.8 Å². The van der Waals surface area contributed by atoms with E-state index < -0.39 is 11.9 Å². The van der Waals surface area contributed by atoms with Crippen LogP contribution in [0.5, 0.6) is 0 Å². The highest BCUT2D eigenvalue weighted by Crippen LogP contribution is 2.37. The maximum Gasteiger partial charge on any atom is 0.141 e. The van der Waals surface area contributed by atoms with Crippen LogP contribution in [0.4, 0.5) is 25.8 Å². The number of aromatic nitrogens is 1. The molecule has 4 aromatic rings. The van der Waals surface area contributed by atoms with Gasteiger partial charge < -0.3 is 16.1 Å². The lowest BCUT2D eigenvalue weighted by molar-refractivity contribution is 0.0570. The van der Waals surface area contributed by atoms with Crippen LogP contribution in [-0.2, 0) is 0 Å². The lowest BCUT2D eigenvalue weighted by Gasteiger charge is -2.42. The van der Waals surface area contributed by atoms with E-state index in [4.69, 9.17) is 23.2 Å². The van der Waals surface area contributed by atoms with Crippen LogP contribution in [0.2, 0.25) is 10.0 Å². The van der Waals surface area contributed by atoms with Gasteiger partial charge in [-0.2, -0.15) is 5.26 Å². The lowest BCUT2D eigenvalue weighted by Crippen LogP contribution is -2.52. The van der Waals surface area contributed by atoms with Crippen LogP contribution in [-0.4, -0.2) is 39.6 Å². The molecule has 0 spiro atoms. The first kappa shape index (κ1) is 31.8. The molecule has 238 valence electrons. The number of hydrogen-bond acceptors (Lipinski definition) is 8. The minimum absolute atomic E-state index is 0.0556. The maximum atomic E-state index is 14.5. The summed E-state index contributed by atoms with van der Waals surface area (Å²) >= 11 is 12.8. The smallest absolute Gasteiger partial charge is 0.141 e. The largest absolute Gasteiger partial charge is 0.373 e. The Morgan fingerprint density at radius 2 is 1.78 bits per heavy atom. The Morgan fingerprint density at radius 3 is 2.48 bits per heavy atom. The molecule has 0 saturated carbocycles. The molecule has 3 aromatic carbocycles. The molecule has 0 unspecified atom stereocenters. The molecule has 3 heterocycles. The van der Waals surface area contributed by atoms with Crippen molar-refractivity contribution in [2.24, 2.45) is 0 Å². The van der Waals surface area contributed by atoms with Crippen molar-refractivity contribution in [1.82, 2.24) is 25.9 Å². The summed E-state index contributed by atoms with van der Waals surface area (Å²) in [6.07, 6.45) is 5.46. The third-order valence-electron chi connectivity index (χ3n) is 8.45. The van der Waals surface area contributed by atoms with Gasteiger partial charge in [0.25, 0.3) is 0 Å². The van der Waals surface area contributed by atoms with Crippen molar-refractivity contribution in [3.8, 4) is 6.07 Å². The fourth-order valence-corrected chi connectivity index (χ4v) is 6.42. The number of hydrazine groups is 2. The third-order valence-corrected chi connectivity index (χ3v) is 9.03. The number of halogens is 4. The van der Waals surface area contributed by atoms with Crippen LogP contribution < -0.4 is 21.6 Å². The van der Waals surface area contributed by atoms with Crippen molar-refractivity contribution in [2.75, 3.05) is 23.7 Å². The number of nitrogens with zero attached hydrogens (tertiary/aromatic N) is 4. The van der Waals surface area contributed by atoms with E-state index in [1.807, 2.05) is 18.3 Å². The normalized spacial score (nSPS) is 16.6. The molecular weight excluding hydrogens is 629 g/mol. The van der Waals surface area contributed by atoms with Crippen LogP contribution in [0.1, 0.15) is 50.8 Å². The van der Waals surface area contributed by atoms with Gasteiger partial charge >= 0.3 is 0 Å². The summed E-state index contributed by atoms with van der Waals surface area (Å²) in [6.45, 7) is 8.71. The van der Waals surface area contributed by atoms with Gasteiger partial charge in [-0.3, -0.25) is 14.9 Å². The molecule has 12 heteroatoms. The van der Waals surface area contributed by atoms with E-state index in [0.29, 0.717) is 38.6 Å². The molecule has 1 aromatic heterocycles. The molecule has 2 aliphatic rings. The van der Waals surface area contributed by atoms with Crippen molar-refractivity contribution in [1.29, 1.82) is 5.26 Å². The van der Waals surface area contributed by atoms with Crippen molar-refractivity contribution in [3.05, 3.63) is 105 Å². The Balaban J connectivity index is 1.34. The zero-order valence-corrected chi connectivity index (χ0v) is 27.1. The molecule has 1 fully saturated rings. The first-order chi connectivity index (χ1) is 22.0. The predicted molar refractivity (Wildman–Crippen MR) is 179 cm³/mol. The van der Waals surface area contributed by atoms with Gasteiger partial charge in [0.15, 0.2) is 0 Å². The topological polar surface area (TPSA) is 91.3 Å². The van der Waals surface area contributed by atoms with Gasteiger partial charge in [0.05, 0.1) is 38.6 Å². The van der Waals surface area contributed by atoms with E-state index in [9.17, 15) is 14.0 Å². The molecule has 0 bridgehead atoms. The van der Waals surface area contributed by atoms with Gasteiger partial charge in [0.2, 0.25) is 0 Å². The van der Waals surface area contributed by atoms with Crippen molar-refractivity contribution < 1.29 is 8.78 Å². The second-order valence-corrected chi connectivity index (χ2v) is 13.3. The first-order valence-corrected chi connectivity index (χ1v) is 15.8. The van der Waals surface area contributed by atoms with Gasteiger partial charge in [0.1, 0.15) is 17.7 Å². The van der Waals surface area contributed by atoms with Gasteiger partial charge in [-0.25, -0.2) is 8.78 Å². The number of fused-ring (bicyclic) bond motifs is 1. The highest BCUT2D eigenvalue weighted by atomic mass is 35.5. The van der Waals surface area contributed by atoms with Crippen LogP contribution in [0, 0.1) is 23.0 Å².